The molecular weight excluding hydrogens is 878 g/mol. The van der Waals surface area contributed by atoms with Gasteiger partial charge in [-0.1, -0.05) is 151 Å². The van der Waals surface area contributed by atoms with E-state index in [1.165, 1.54) is 137 Å². The lowest BCUT2D eigenvalue weighted by Gasteiger charge is -2.46. The summed E-state index contributed by atoms with van der Waals surface area (Å²) in [5, 5.41) is 5.19. The molecular formula is C66H58BN3S. The van der Waals surface area contributed by atoms with Crippen molar-refractivity contribution in [1.82, 2.24) is 4.57 Å². The van der Waals surface area contributed by atoms with E-state index in [1.54, 1.807) is 0 Å². The molecule has 2 aromatic heterocycles. The predicted octanol–water partition coefficient (Wildman–Crippen LogP) is 16.7. The predicted molar refractivity (Wildman–Crippen MR) is 309 cm³/mol. The SMILES string of the molecule is Cc1cc(-c2cccc3c2sc2ccccc23)cc(C)c1N1c2cc(C(C)(C)C)ccc2B2c3cc4c5ccccc5n(-c5ccccc5)c4cc3N(c3c(C)cccc3C)c3cc(C(C)(C)C)cc1c32. The minimum atomic E-state index is -0.145. The number of anilines is 6. The number of aromatic nitrogens is 1. The molecule has 2 aliphatic heterocycles. The van der Waals surface area contributed by atoms with Crippen molar-refractivity contribution in [2.24, 2.45) is 0 Å². The Kier molecular flexibility index (Phi) is 9.58. The number of rotatable bonds is 4. The molecule has 11 aromatic rings. The number of hydrogen-bond acceptors (Lipinski definition) is 3. The van der Waals surface area contributed by atoms with Crippen molar-refractivity contribution < 1.29 is 0 Å². The number of hydrogen-bond donors (Lipinski definition) is 0. The van der Waals surface area contributed by atoms with Crippen LogP contribution in [0.25, 0.3) is 58.8 Å². The summed E-state index contributed by atoms with van der Waals surface area (Å²) in [6, 6.07) is 64.9. The molecule has 0 aliphatic carbocycles. The van der Waals surface area contributed by atoms with Gasteiger partial charge in [-0.25, -0.2) is 0 Å². The first-order valence-electron chi connectivity index (χ1n) is 25.3. The standard InChI is InChI=1S/C66H58BN3S/c1-39-20-18-21-40(2)62(39)70-57-38-55-51(48-24-14-16-28-54(48)68(55)46-22-12-11-13-23-46)37-53(57)67-52-31-30-44(65(5,6)7)34-56(52)69(58-35-45(66(8,9)10)36-59(70)61(58)67)63-41(3)32-43(33-42(63)4)47-26-19-27-50-49-25-15-17-29-60(49)71-64(47)50/h11-38H,1-10H3. The first-order chi connectivity index (χ1) is 34.2. The van der Waals surface area contributed by atoms with Gasteiger partial charge in [-0.05, 0) is 160 Å². The van der Waals surface area contributed by atoms with E-state index in [1.807, 2.05) is 11.3 Å². The Morgan fingerprint density at radius 1 is 0.423 bits per heavy atom. The van der Waals surface area contributed by atoms with Crippen molar-refractivity contribution in [3.05, 3.63) is 203 Å². The number of thiophene rings is 1. The lowest BCUT2D eigenvalue weighted by molar-refractivity contribution is 0.590. The van der Waals surface area contributed by atoms with E-state index >= 15 is 0 Å². The van der Waals surface area contributed by atoms with Crippen LogP contribution in [0, 0.1) is 27.7 Å². The molecule has 4 heterocycles. The van der Waals surface area contributed by atoms with Crippen LogP contribution in [0.1, 0.15) is 74.9 Å². The summed E-state index contributed by atoms with van der Waals surface area (Å²) < 4.78 is 5.15. The molecule has 71 heavy (non-hydrogen) atoms. The zero-order chi connectivity index (χ0) is 48.8. The normalized spacial score (nSPS) is 13.4. The topological polar surface area (TPSA) is 11.4 Å². The fourth-order valence-corrected chi connectivity index (χ4v) is 13.5. The summed E-state index contributed by atoms with van der Waals surface area (Å²) in [7, 11) is 0. The maximum absolute atomic E-state index is 2.68. The smallest absolute Gasteiger partial charge is 0.252 e. The summed E-state index contributed by atoms with van der Waals surface area (Å²) in [4.78, 5) is 5.33. The zero-order valence-electron chi connectivity index (χ0n) is 42.5. The fraction of sp³-hybridized carbons (Fsp3) is 0.182. The number of aryl methyl sites for hydroxylation is 4. The summed E-state index contributed by atoms with van der Waals surface area (Å²) >= 11 is 1.91. The minimum Gasteiger partial charge on any atom is -0.311 e. The van der Waals surface area contributed by atoms with Gasteiger partial charge in [0.05, 0.1) is 22.4 Å². The third kappa shape index (κ3) is 6.55. The van der Waals surface area contributed by atoms with E-state index in [4.69, 9.17) is 0 Å². The minimum absolute atomic E-state index is 0.0291. The highest BCUT2D eigenvalue weighted by Gasteiger charge is 2.46. The average molecular weight is 936 g/mol. The zero-order valence-corrected chi connectivity index (χ0v) is 43.3. The van der Waals surface area contributed by atoms with Gasteiger partial charge in [0.1, 0.15) is 0 Å². The van der Waals surface area contributed by atoms with Crippen LogP contribution in [0.5, 0.6) is 0 Å². The van der Waals surface area contributed by atoms with Gasteiger partial charge in [-0.2, -0.15) is 0 Å². The number of nitrogens with zero attached hydrogens (tertiary/aromatic N) is 3. The van der Waals surface area contributed by atoms with Crippen molar-refractivity contribution in [2.45, 2.75) is 80.1 Å². The summed E-state index contributed by atoms with van der Waals surface area (Å²) in [5.41, 5.74) is 25.1. The largest absolute Gasteiger partial charge is 0.311 e. The second kappa shape index (κ2) is 15.6. The summed E-state index contributed by atoms with van der Waals surface area (Å²) in [5.74, 6) is 0. The summed E-state index contributed by atoms with van der Waals surface area (Å²) in [6.07, 6.45) is 0. The van der Waals surface area contributed by atoms with E-state index < -0.39 is 0 Å². The van der Waals surface area contributed by atoms with Gasteiger partial charge in [0.15, 0.2) is 0 Å². The molecule has 0 amide bonds. The Labute approximate surface area is 422 Å². The Hall–Kier alpha value is -7.34. The summed E-state index contributed by atoms with van der Waals surface area (Å²) in [6.45, 7) is 23.4. The molecule has 13 rings (SSSR count). The van der Waals surface area contributed by atoms with Crippen molar-refractivity contribution in [3.63, 3.8) is 0 Å². The molecule has 2 aliphatic rings. The monoisotopic (exact) mass is 935 g/mol. The van der Waals surface area contributed by atoms with E-state index in [0.29, 0.717) is 0 Å². The second-order valence-corrected chi connectivity index (χ2v) is 23.5. The van der Waals surface area contributed by atoms with Gasteiger partial charge in [0.2, 0.25) is 0 Å². The van der Waals surface area contributed by atoms with Crippen LogP contribution < -0.4 is 26.2 Å². The van der Waals surface area contributed by atoms with Crippen LogP contribution in [0.3, 0.4) is 0 Å². The van der Waals surface area contributed by atoms with Crippen molar-refractivity contribution in [1.29, 1.82) is 0 Å². The van der Waals surface area contributed by atoms with Crippen LogP contribution in [0.4, 0.5) is 34.1 Å². The fourth-order valence-electron chi connectivity index (χ4n) is 12.3. The molecule has 3 nitrogen and oxygen atoms in total. The lowest BCUT2D eigenvalue weighted by atomic mass is 9.33. The molecule has 9 aromatic carbocycles. The number of para-hydroxylation sites is 3. The van der Waals surface area contributed by atoms with E-state index in [0.717, 1.165) is 5.69 Å². The van der Waals surface area contributed by atoms with Gasteiger partial charge in [0, 0.05) is 59.4 Å². The van der Waals surface area contributed by atoms with Crippen molar-refractivity contribution in [2.75, 3.05) is 9.80 Å². The molecule has 0 fully saturated rings. The maximum Gasteiger partial charge on any atom is 0.252 e. The first-order valence-corrected chi connectivity index (χ1v) is 26.1. The van der Waals surface area contributed by atoms with E-state index in [2.05, 4.69) is 253 Å². The third-order valence-electron chi connectivity index (χ3n) is 15.7. The number of benzene rings is 9. The molecule has 0 radical (unpaired) electrons. The van der Waals surface area contributed by atoms with Crippen molar-refractivity contribution in [3.8, 4) is 16.8 Å². The highest BCUT2D eigenvalue weighted by Crippen LogP contribution is 2.51. The van der Waals surface area contributed by atoms with Gasteiger partial charge >= 0.3 is 0 Å². The molecule has 346 valence electrons. The first kappa shape index (κ1) is 43.7. The van der Waals surface area contributed by atoms with Crippen LogP contribution in [-0.2, 0) is 10.8 Å². The second-order valence-electron chi connectivity index (χ2n) is 22.4. The average Bonchev–Trinajstić information content (AvgIpc) is 3.89. The number of fused-ring (bicyclic) bond motifs is 10. The molecule has 0 unspecified atom stereocenters. The van der Waals surface area contributed by atoms with Crippen LogP contribution in [0.2, 0.25) is 0 Å². The maximum atomic E-state index is 2.68. The van der Waals surface area contributed by atoms with Crippen LogP contribution in [0.15, 0.2) is 170 Å². The Bertz CT molecular complexity index is 3980. The highest BCUT2D eigenvalue weighted by molar-refractivity contribution is 7.26. The third-order valence-corrected chi connectivity index (χ3v) is 16.9. The van der Waals surface area contributed by atoms with Crippen LogP contribution >= 0.6 is 11.3 Å². The van der Waals surface area contributed by atoms with Gasteiger partial charge < -0.3 is 14.4 Å². The Balaban J connectivity index is 1.14. The van der Waals surface area contributed by atoms with Gasteiger partial charge in [-0.15, -0.1) is 11.3 Å². The van der Waals surface area contributed by atoms with E-state index in [-0.39, 0.29) is 17.5 Å². The van der Waals surface area contributed by atoms with Crippen LogP contribution in [-0.4, -0.2) is 11.3 Å². The lowest BCUT2D eigenvalue weighted by Crippen LogP contribution is -2.61. The quantitative estimate of drug-likeness (QED) is 0.163. The Morgan fingerprint density at radius 3 is 1.69 bits per heavy atom. The van der Waals surface area contributed by atoms with Gasteiger partial charge in [-0.3, -0.25) is 0 Å². The highest BCUT2D eigenvalue weighted by atomic mass is 32.1. The molecule has 0 saturated heterocycles. The molecule has 0 atom stereocenters. The molecule has 0 spiro atoms. The van der Waals surface area contributed by atoms with Crippen molar-refractivity contribution >= 4 is 111 Å². The van der Waals surface area contributed by atoms with Gasteiger partial charge in [0.25, 0.3) is 6.71 Å². The molecule has 0 N–H and O–H groups in total. The van der Waals surface area contributed by atoms with E-state index in [9.17, 15) is 0 Å². The molecule has 0 saturated carbocycles. The molecule has 5 heteroatoms. The molecule has 0 bridgehead atoms. The Morgan fingerprint density at radius 2 is 1.00 bits per heavy atom.